The largest absolute Gasteiger partial charge is 0.341 e. The molecule has 0 saturated heterocycles. The van der Waals surface area contributed by atoms with Crippen LogP contribution in [0.15, 0.2) is 34.7 Å². The quantitative estimate of drug-likeness (QED) is 0.604. The van der Waals surface area contributed by atoms with E-state index >= 15 is 0 Å². The van der Waals surface area contributed by atoms with E-state index in [4.69, 9.17) is 0 Å². The monoisotopic (exact) mass is 259 g/mol. The van der Waals surface area contributed by atoms with Gasteiger partial charge in [0.05, 0.1) is 5.54 Å². The molecule has 0 spiro atoms. The maximum Gasteiger partial charge on any atom is 0.0835 e. The average molecular weight is 259 g/mol. The Kier molecular flexibility index (Phi) is 1.71. The van der Waals surface area contributed by atoms with Crippen LogP contribution in [0.3, 0.4) is 0 Å². The summed E-state index contributed by atoms with van der Waals surface area (Å²) in [6.45, 7) is 2.25. The zero-order chi connectivity index (χ0) is 7.73. The molecule has 1 atom stereocenters. The maximum absolute atomic E-state index is 2.42. The first kappa shape index (κ1) is 7.28. The highest BCUT2D eigenvalue weighted by atomic mass is 127. The molecular formula is C9H10IN. The van der Waals surface area contributed by atoms with Crippen LogP contribution in [0, 0.1) is 0 Å². The molecular weight excluding hydrogens is 249 g/mol. The van der Waals surface area contributed by atoms with E-state index in [0.717, 1.165) is 0 Å². The lowest BCUT2D eigenvalue weighted by Gasteiger charge is -2.36. The number of halogens is 1. The molecule has 2 aliphatic rings. The van der Waals surface area contributed by atoms with Crippen LogP contribution >= 0.6 is 20.7 Å². The van der Waals surface area contributed by atoms with E-state index in [9.17, 15) is 0 Å². The zero-order valence-corrected chi connectivity index (χ0v) is 8.52. The van der Waals surface area contributed by atoms with E-state index in [1.807, 2.05) is 0 Å². The highest BCUT2D eigenvalue weighted by molar-refractivity contribution is 14.2. The molecule has 0 aliphatic carbocycles. The van der Waals surface area contributed by atoms with Crippen molar-refractivity contribution in [3.05, 3.63) is 34.7 Å². The first-order chi connectivity index (χ1) is 5.31. The van der Waals surface area contributed by atoms with Crippen molar-refractivity contribution in [3.63, 3.8) is 0 Å². The predicted molar refractivity (Wildman–Crippen MR) is 57.7 cm³/mol. The maximum atomic E-state index is 2.42. The van der Waals surface area contributed by atoms with Gasteiger partial charge < -0.3 is 4.90 Å². The highest BCUT2D eigenvalue weighted by Gasteiger charge is 2.25. The summed E-state index contributed by atoms with van der Waals surface area (Å²) in [5.74, 6) is 0. The van der Waals surface area contributed by atoms with Gasteiger partial charge >= 0.3 is 0 Å². The van der Waals surface area contributed by atoms with Crippen molar-refractivity contribution < 1.29 is 0 Å². The Morgan fingerprint density at radius 1 is 1.27 bits per heavy atom. The first-order valence-electron chi connectivity index (χ1n) is 3.59. The van der Waals surface area contributed by atoms with Crippen LogP contribution < -0.4 is 0 Å². The molecule has 1 unspecified atom stereocenters. The Labute approximate surface area is 76.8 Å². The molecule has 0 fully saturated rings. The Bertz CT molecular complexity index is 249. The summed E-state index contributed by atoms with van der Waals surface area (Å²) in [6, 6.07) is 0. The minimum atomic E-state index is 0.177. The van der Waals surface area contributed by atoms with Crippen LogP contribution in [0.4, 0.5) is 0 Å². The molecule has 0 saturated carbocycles. The highest BCUT2D eigenvalue weighted by Crippen LogP contribution is 2.26. The molecule has 2 heterocycles. The summed E-state index contributed by atoms with van der Waals surface area (Å²) in [5, 5.41) is 0. The minimum absolute atomic E-state index is 0.177. The number of fused-ring (bicyclic) bond motifs is 1. The Morgan fingerprint density at radius 2 is 2.18 bits per heavy atom. The van der Waals surface area contributed by atoms with Gasteiger partial charge in [-0.25, -0.2) is 0 Å². The fraction of sp³-hybridized carbons (Fsp3) is 0.222. The molecule has 0 aromatic rings. The summed E-state index contributed by atoms with van der Waals surface area (Å²) < 4.78 is 4.70. The molecule has 2 aliphatic heterocycles. The van der Waals surface area contributed by atoms with Gasteiger partial charge in [0.2, 0.25) is 0 Å². The molecule has 0 N–H and O–H groups in total. The number of allylic oxidation sites excluding steroid dienone is 2. The predicted octanol–water partition coefficient (Wildman–Crippen LogP) is 2.39. The van der Waals surface area contributed by atoms with Gasteiger partial charge in [0.1, 0.15) is 0 Å². The van der Waals surface area contributed by atoms with Gasteiger partial charge in [-0.3, -0.25) is 0 Å². The van der Waals surface area contributed by atoms with Gasteiger partial charge in [-0.05, 0) is 21.1 Å². The molecule has 2 heteroatoms. The van der Waals surface area contributed by atoms with E-state index in [1.54, 1.807) is 0 Å². The van der Waals surface area contributed by atoms with E-state index in [0.29, 0.717) is 0 Å². The lowest BCUT2D eigenvalue weighted by molar-refractivity contribution is 0.389. The van der Waals surface area contributed by atoms with E-state index in [-0.39, 0.29) is 26.3 Å². The van der Waals surface area contributed by atoms with Gasteiger partial charge in [0.25, 0.3) is 0 Å². The lowest BCUT2D eigenvalue weighted by Crippen LogP contribution is -2.40. The van der Waals surface area contributed by atoms with E-state index < -0.39 is 0 Å². The zero-order valence-electron chi connectivity index (χ0n) is 6.37. The Balaban J connectivity index is 2.40. The van der Waals surface area contributed by atoms with Crippen LogP contribution in [0.5, 0.6) is 0 Å². The van der Waals surface area contributed by atoms with Gasteiger partial charge in [-0.15, -0.1) is 0 Å². The summed E-state index contributed by atoms with van der Waals surface area (Å²) in [5.41, 5.74) is 0.177. The number of rotatable bonds is 0. The van der Waals surface area contributed by atoms with Crippen LogP contribution in [0.2, 0.25) is 0 Å². The second-order valence-corrected chi connectivity index (χ2v) is 4.91. The summed E-state index contributed by atoms with van der Waals surface area (Å²) >= 11 is 0.187. The van der Waals surface area contributed by atoms with Crippen molar-refractivity contribution in [1.29, 1.82) is 0 Å². The smallest absolute Gasteiger partial charge is 0.0835 e. The van der Waals surface area contributed by atoms with Crippen LogP contribution in [-0.4, -0.2) is 14.5 Å². The van der Waals surface area contributed by atoms with Crippen molar-refractivity contribution in [2.24, 2.45) is 0 Å². The second kappa shape index (κ2) is 2.59. The number of nitrogens with zero attached hydrogens (tertiary/aromatic N) is 1. The molecule has 0 amide bonds. The van der Waals surface area contributed by atoms with Crippen molar-refractivity contribution in [2.75, 3.05) is 0 Å². The van der Waals surface area contributed by atoms with Gasteiger partial charge in [-0.2, -0.15) is 0 Å². The fourth-order valence-electron chi connectivity index (χ4n) is 1.20. The molecule has 0 radical (unpaired) electrons. The van der Waals surface area contributed by atoms with Gasteiger partial charge in [-0.1, -0.05) is 32.9 Å². The van der Waals surface area contributed by atoms with Crippen LogP contribution in [-0.2, 0) is 0 Å². The molecule has 1 nitrogen and oxygen atoms in total. The van der Waals surface area contributed by atoms with E-state index in [2.05, 4.69) is 50.5 Å². The second-order valence-electron chi connectivity index (χ2n) is 2.84. The van der Waals surface area contributed by atoms with Gasteiger partial charge in [0.15, 0.2) is 0 Å². The number of hydrogen-bond acceptors (Lipinski definition) is 1. The topological polar surface area (TPSA) is 3.24 Å². The molecule has 58 valence electrons. The Hall–Kier alpha value is -0.380. The molecule has 0 aromatic heterocycles. The van der Waals surface area contributed by atoms with Crippen LogP contribution in [0.25, 0.3) is 0 Å². The Morgan fingerprint density at radius 3 is 3.00 bits per heavy atom. The molecule has 0 bridgehead atoms. The third-order valence-electron chi connectivity index (χ3n) is 1.92. The van der Waals surface area contributed by atoms with E-state index in [1.165, 1.54) is 0 Å². The standard InChI is InChI=1S/C9H10IN/c1-9-4-2-3-6-11(9)7-5-10-8-9/h2-8H,1H3. The first-order valence-corrected chi connectivity index (χ1v) is 6.08. The fourth-order valence-corrected chi connectivity index (χ4v) is 3.20. The average Bonchev–Trinajstić information content (AvgIpc) is 2.03. The van der Waals surface area contributed by atoms with Crippen molar-refractivity contribution in [2.45, 2.75) is 12.5 Å². The SMILES string of the molecule is CC12C=CC=CN1C=CI=C2. The van der Waals surface area contributed by atoms with Crippen molar-refractivity contribution >= 4 is 24.7 Å². The summed E-state index contributed by atoms with van der Waals surface area (Å²) in [6.07, 6.45) is 10.7. The third-order valence-corrected chi connectivity index (χ3v) is 4.28. The number of hydrogen-bond donors (Lipinski definition) is 0. The molecule has 11 heavy (non-hydrogen) atoms. The lowest BCUT2D eigenvalue weighted by atomic mass is 10.0. The minimum Gasteiger partial charge on any atom is -0.341 e. The normalized spacial score (nSPS) is 33.4. The summed E-state index contributed by atoms with van der Waals surface area (Å²) in [4.78, 5) is 2.25. The van der Waals surface area contributed by atoms with Crippen molar-refractivity contribution in [3.8, 4) is 0 Å². The van der Waals surface area contributed by atoms with Gasteiger partial charge in [0, 0.05) is 12.4 Å². The molecule has 0 aromatic carbocycles. The third kappa shape index (κ3) is 1.20. The summed E-state index contributed by atoms with van der Waals surface area (Å²) in [7, 11) is 0. The molecule has 2 rings (SSSR count). The van der Waals surface area contributed by atoms with Crippen LogP contribution in [0.1, 0.15) is 6.92 Å². The van der Waals surface area contributed by atoms with Crippen molar-refractivity contribution in [1.82, 2.24) is 4.90 Å².